The van der Waals surface area contributed by atoms with Gasteiger partial charge in [0.2, 0.25) is 5.91 Å². The van der Waals surface area contributed by atoms with Crippen molar-refractivity contribution in [2.24, 2.45) is 5.92 Å². The summed E-state index contributed by atoms with van der Waals surface area (Å²) >= 11 is 0. The van der Waals surface area contributed by atoms with E-state index in [1.807, 2.05) is 11.8 Å². The Balaban J connectivity index is 1.95. The number of carbonyl (C=O) groups is 1. The third-order valence-corrected chi connectivity index (χ3v) is 3.42. The molecule has 2 saturated heterocycles. The summed E-state index contributed by atoms with van der Waals surface area (Å²) in [6.45, 7) is 3.44. The van der Waals surface area contributed by atoms with E-state index in [0.717, 1.165) is 25.8 Å². The van der Waals surface area contributed by atoms with Gasteiger partial charge in [-0.25, -0.2) is 0 Å². The molecular weight excluding hydrogens is 194 g/mol. The summed E-state index contributed by atoms with van der Waals surface area (Å²) in [6, 6.07) is 0.0495. The number of rotatable bonds is 2. The van der Waals surface area contributed by atoms with Crippen molar-refractivity contribution in [1.29, 1.82) is 0 Å². The van der Waals surface area contributed by atoms with Crippen LogP contribution in [0.1, 0.15) is 26.2 Å². The van der Waals surface area contributed by atoms with Crippen LogP contribution in [0.5, 0.6) is 0 Å². The molecule has 2 aliphatic rings. The van der Waals surface area contributed by atoms with Gasteiger partial charge >= 0.3 is 0 Å². The van der Waals surface area contributed by atoms with Crippen molar-refractivity contribution in [1.82, 2.24) is 4.90 Å². The lowest BCUT2D eigenvalue weighted by molar-refractivity contribution is -0.137. The SMILES string of the molecule is CC1CC(C(=O)N2CCCC2CO)CO1. The third-order valence-electron chi connectivity index (χ3n) is 3.42. The summed E-state index contributed by atoms with van der Waals surface area (Å²) in [5.74, 6) is 0.197. The first-order valence-corrected chi connectivity index (χ1v) is 5.75. The van der Waals surface area contributed by atoms with Gasteiger partial charge in [0.05, 0.1) is 31.3 Å². The molecule has 3 unspecified atom stereocenters. The van der Waals surface area contributed by atoms with Gasteiger partial charge in [-0.05, 0) is 26.2 Å². The van der Waals surface area contributed by atoms with Gasteiger partial charge in [-0.1, -0.05) is 0 Å². The highest BCUT2D eigenvalue weighted by atomic mass is 16.5. The minimum Gasteiger partial charge on any atom is -0.394 e. The van der Waals surface area contributed by atoms with Gasteiger partial charge in [-0.2, -0.15) is 0 Å². The van der Waals surface area contributed by atoms with Crippen molar-refractivity contribution >= 4 is 5.91 Å². The number of aliphatic hydroxyl groups excluding tert-OH is 1. The minimum absolute atomic E-state index is 0.0205. The molecule has 15 heavy (non-hydrogen) atoms. The average Bonchev–Trinajstić information content (AvgIpc) is 2.84. The van der Waals surface area contributed by atoms with Crippen LogP contribution in [-0.4, -0.2) is 47.8 Å². The Kier molecular flexibility index (Phi) is 3.26. The molecule has 0 bridgehead atoms. The van der Waals surface area contributed by atoms with E-state index < -0.39 is 0 Å². The predicted octanol–water partition coefficient (Wildman–Crippen LogP) is 0.395. The third kappa shape index (κ3) is 2.16. The van der Waals surface area contributed by atoms with Crippen molar-refractivity contribution in [3.63, 3.8) is 0 Å². The van der Waals surface area contributed by atoms with Crippen molar-refractivity contribution < 1.29 is 14.6 Å². The highest BCUT2D eigenvalue weighted by Gasteiger charge is 2.36. The molecule has 2 heterocycles. The standard InChI is InChI=1S/C11H19NO3/c1-8-5-9(7-15-8)11(14)12-4-2-3-10(12)6-13/h8-10,13H,2-7H2,1H3. The highest BCUT2D eigenvalue weighted by molar-refractivity contribution is 5.79. The second-order valence-electron chi connectivity index (χ2n) is 4.59. The smallest absolute Gasteiger partial charge is 0.228 e. The fraction of sp³-hybridized carbons (Fsp3) is 0.909. The number of aliphatic hydroxyl groups is 1. The van der Waals surface area contributed by atoms with Gasteiger partial charge in [0.25, 0.3) is 0 Å². The molecular formula is C11H19NO3. The van der Waals surface area contributed by atoms with Gasteiger partial charge in [-0.3, -0.25) is 4.79 Å². The zero-order valence-corrected chi connectivity index (χ0v) is 9.19. The summed E-state index contributed by atoms with van der Waals surface area (Å²) in [4.78, 5) is 13.9. The second-order valence-corrected chi connectivity index (χ2v) is 4.59. The molecule has 4 nitrogen and oxygen atoms in total. The molecule has 0 saturated carbocycles. The number of hydrogen-bond acceptors (Lipinski definition) is 3. The minimum atomic E-state index is 0.0205. The molecule has 2 aliphatic heterocycles. The number of likely N-dealkylation sites (tertiary alicyclic amines) is 1. The Morgan fingerprint density at radius 3 is 3.00 bits per heavy atom. The molecule has 2 rings (SSSR count). The van der Waals surface area contributed by atoms with E-state index in [9.17, 15) is 4.79 Å². The summed E-state index contributed by atoms with van der Waals surface area (Å²) in [5.41, 5.74) is 0. The van der Waals surface area contributed by atoms with Crippen molar-refractivity contribution in [2.45, 2.75) is 38.3 Å². The molecule has 0 aromatic rings. The van der Waals surface area contributed by atoms with Crippen molar-refractivity contribution in [2.75, 3.05) is 19.8 Å². The first-order valence-electron chi connectivity index (χ1n) is 5.75. The fourth-order valence-electron chi connectivity index (χ4n) is 2.54. The van der Waals surface area contributed by atoms with Gasteiger partial charge in [-0.15, -0.1) is 0 Å². The van der Waals surface area contributed by atoms with E-state index in [1.165, 1.54) is 0 Å². The lowest BCUT2D eigenvalue weighted by Gasteiger charge is -2.25. The van der Waals surface area contributed by atoms with Crippen molar-refractivity contribution in [3.05, 3.63) is 0 Å². The maximum absolute atomic E-state index is 12.1. The summed E-state index contributed by atoms with van der Waals surface area (Å²) in [6.07, 6.45) is 2.98. The van der Waals surface area contributed by atoms with Crippen LogP contribution in [0.2, 0.25) is 0 Å². The quantitative estimate of drug-likeness (QED) is 0.722. The lowest BCUT2D eigenvalue weighted by atomic mass is 10.0. The largest absolute Gasteiger partial charge is 0.394 e. The Bertz CT molecular complexity index is 244. The average molecular weight is 213 g/mol. The van der Waals surface area contributed by atoms with Crippen LogP contribution in [0, 0.1) is 5.92 Å². The van der Waals surface area contributed by atoms with Crippen LogP contribution >= 0.6 is 0 Å². The van der Waals surface area contributed by atoms with E-state index in [-0.39, 0.29) is 30.6 Å². The van der Waals surface area contributed by atoms with E-state index in [4.69, 9.17) is 9.84 Å². The number of amides is 1. The van der Waals surface area contributed by atoms with Gasteiger partial charge in [0.1, 0.15) is 0 Å². The van der Waals surface area contributed by atoms with Crippen molar-refractivity contribution in [3.8, 4) is 0 Å². The van der Waals surface area contributed by atoms with Gasteiger partial charge < -0.3 is 14.7 Å². The zero-order chi connectivity index (χ0) is 10.8. The Morgan fingerprint density at radius 1 is 1.60 bits per heavy atom. The second kappa shape index (κ2) is 4.49. The molecule has 0 radical (unpaired) electrons. The highest BCUT2D eigenvalue weighted by Crippen LogP contribution is 2.25. The maximum Gasteiger partial charge on any atom is 0.228 e. The molecule has 2 fully saturated rings. The lowest BCUT2D eigenvalue weighted by Crippen LogP contribution is -2.41. The molecule has 0 spiro atoms. The normalized spacial score (nSPS) is 36.1. The predicted molar refractivity (Wildman–Crippen MR) is 55.3 cm³/mol. The fourth-order valence-corrected chi connectivity index (χ4v) is 2.54. The monoisotopic (exact) mass is 213 g/mol. The number of carbonyl (C=O) groups excluding carboxylic acids is 1. The molecule has 4 heteroatoms. The van der Waals surface area contributed by atoms with E-state index in [2.05, 4.69) is 0 Å². The Labute approximate surface area is 90.2 Å². The molecule has 1 N–H and O–H groups in total. The summed E-state index contributed by atoms with van der Waals surface area (Å²) < 4.78 is 5.41. The van der Waals surface area contributed by atoms with E-state index in [1.54, 1.807) is 0 Å². The van der Waals surface area contributed by atoms with E-state index in [0.29, 0.717) is 6.61 Å². The zero-order valence-electron chi connectivity index (χ0n) is 9.19. The van der Waals surface area contributed by atoms with Gasteiger partial charge in [0, 0.05) is 6.54 Å². The number of hydrogen-bond donors (Lipinski definition) is 1. The number of nitrogens with zero attached hydrogens (tertiary/aromatic N) is 1. The van der Waals surface area contributed by atoms with Crippen LogP contribution in [-0.2, 0) is 9.53 Å². The van der Waals surface area contributed by atoms with Crippen LogP contribution in [0.25, 0.3) is 0 Å². The van der Waals surface area contributed by atoms with Crippen LogP contribution in [0.4, 0.5) is 0 Å². The summed E-state index contributed by atoms with van der Waals surface area (Å²) in [7, 11) is 0. The topological polar surface area (TPSA) is 49.8 Å². The molecule has 86 valence electrons. The maximum atomic E-state index is 12.1. The summed E-state index contributed by atoms with van der Waals surface area (Å²) in [5, 5.41) is 9.15. The molecule has 3 atom stereocenters. The first-order chi connectivity index (χ1) is 7.22. The van der Waals surface area contributed by atoms with E-state index >= 15 is 0 Å². The van der Waals surface area contributed by atoms with Crippen LogP contribution < -0.4 is 0 Å². The van der Waals surface area contributed by atoms with Gasteiger partial charge in [0.15, 0.2) is 0 Å². The Hall–Kier alpha value is -0.610. The molecule has 0 aliphatic carbocycles. The Morgan fingerprint density at radius 2 is 2.40 bits per heavy atom. The molecule has 1 amide bonds. The molecule has 0 aromatic carbocycles. The van der Waals surface area contributed by atoms with Crippen LogP contribution in [0.15, 0.2) is 0 Å². The number of ether oxygens (including phenoxy) is 1. The first kappa shape index (κ1) is 10.9. The molecule has 0 aromatic heterocycles. The van der Waals surface area contributed by atoms with Crippen LogP contribution in [0.3, 0.4) is 0 Å².